The van der Waals surface area contributed by atoms with Crippen molar-refractivity contribution in [2.24, 2.45) is 0 Å². The van der Waals surface area contributed by atoms with Gasteiger partial charge in [0.2, 0.25) is 15.7 Å². The van der Waals surface area contributed by atoms with Crippen LogP contribution in [0.5, 0.6) is 11.5 Å². The summed E-state index contributed by atoms with van der Waals surface area (Å²) >= 11 is 0. The predicted molar refractivity (Wildman–Crippen MR) is 113 cm³/mol. The zero-order valence-corrected chi connectivity index (χ0v) is 18.4. The van der Waals surface area contributed by atoms with Crippen LogP contribution in [-0.4, -0.2) is 40.6 Å². The van der Waals surface area contributed by atoms with E-state index in [4.69, 9.17) is 9.47 Å². The van der Waals surface area contributed by atoms with Crippen molar-refractivity contribution in [3.63, 3.8) is 0 Å². The smallest absolute Gasteiger partial charge is 0.239 e. The lowest BCUT2D eigenvalue weighted by molar-refractivity contribution is -0.120. The second-order valence-corrected chi connectivity index (χ2v) is 9.59. The molecule has 0 aliphatic carbocycles. The molecule has 2 aromatic carbocycles. The third-order valence-electron chi connectivity index (χ3n) is 4.04. The number of nitrogens with one attached hydrogen (secondary N) is 2. The minimum absolute atomic E-state index is 0.0399. The van der Waals surface area contributed by atoms with Crippen molar-refractivity contribution in [2.45, 2.75) is 43.0 Å². The van der Waals surface area contributed by atoms with E-state index >= 15 is 0 Å². The highest BCUT2D eigenvalue weighted by Crippen LogP contribution is 2.39. The molecular weight excluding hydrogens is 392 g/mol. The van der Waals surface area contributed by atoms with Gasteiger partial charge in [-0.1, -0.05) is 17.7 Å². The fourth-order valence-corrected chi connectivity index (χ4v) is 4.18. The fraction of sp³-hybridized carbons (Fsp3) is 0.381. The highest BCUT2D eigenvalue weighted by Gasteiger charge is 2.26. The number of rotatable bonds is 7. The zero-order valence-electron chi connectivity index (χ0n) is 17.6. The largest absolute Gasteiger partial charge is 0.497 e. The number of carbonyl (C=O) groups is 1. The van der Waals surface area contributed by atoms with E-state index in [1.165, 1.54) is 20.3 Å². The van der Waals surface area contributed by atoms with Crippen LogP contribution < -0.4 is 20.1 Å². The van der Waals surface area contributed by atoms with Gasteiger partial charge in [-0.3, -0.25) is 4.79 Å². The molecule has 2 N–H and O–H groups in total. The van der Waals surface area contributed by atoms with Crippen molar-refractivity contribution in [1.82, 2.24) is 5.32 Å². The Labute approximate surface area is 172 Å². The SMILES string of the molecule is COc1cc(NCC(=O)NC(C)(C)C)c(OC)c(S(=O)(=O)c2ccc(C)cc2)c1. The second-order valence-electron chi connectivity index (χ2n) is 7.67. The number of hydrogen-bond donors (Lipinski definition) is 2. The standard InChI is InChI=1S/C21H28N2O5S/c1-14-7-9-16(10-8-14)29(25,26)18-12-15(27-5)11-17(20(18)28-6)22-13-19(24)23-21(2,3)4/h7-12,22H,13H2,1-6H3,(H,23,24). The van der Waals surface area contributed by atoms with E-state index in [0.29, 0.717) is 11.4 Å². The van der Waals surface area contributed by atoms with Crippen molar-refractivity contribution < 1.29 is 22.7 Å². The molecule has 7 nitrogen and oxygen atoms in total. The monoisotopic (exact) mass is 420 g/mol. The quantitative estimate of drug-likeness (QED) is 0.715. The third kappa shape index (κ3) is 5.63. The average molecular weight is 421 g/mol. The van der Waals surface area contributed by atoms with E-state index in [2.05, 4.69) is 10.6 Å². The third-order valence-corrected chi connectivity index (χ3v) is 5.82. The predicted octanol–water partition coefficient (Wildman–Crippen LogP) is 3.17. The molecule has 0 radical (unpaired) electrons. The molecule has 0 unspecified atom stereocenters. The van der Waals surface area contributed by atoms with E-state index in [0.717, 1.165) is 5.56 Å². The summed E-state index contributed by atoms with van der Waals surface area (Å²) < 4.78 is 37.1. The van der Waals surface area contributed by atoms with Gasteiger partial charge in [-0.05, 0) is 39.8 Å². The summed E-state index contributed by atoms with van der Waals surface area (Å²) in [7, 11) is -1.04. The van der Waals surface area contributed by atoms with Gasteiger partial charge < -0.3 is 20.1 Å². The summed E-state index contributed by atoms with van der Waals surface area (Å²) in [4.78, 5) is 12.3. The molecule has 0 heterocycles. The summed E-state index contributed by atoms with van der Waals surface area (Å²) in [5.41, 5.74) is 0.923. The molecule has 0 saturated carbocycles. The average Bonchev–Trinajstić information content (AvgIpc) is 2.64. The molecule has 1 amide bonds. The summed E-state index contributed by atoms with van der Waals surface area (Å²) in [6.45, 7) is 7.47. The molecule has 0 bridgehead atoms. The summed E-state index contributed by atoms with van der Waals surface area (Å²) in [6.07, 6.45) is 0. The van der Waals surface area contributed by atoms with Gasteiger partial charge >= 0.3 is 0 Å². The minimum Gasteiger partial charge on any atom is -0.497 e. The Balaban J connectivity index is 2.47. The maximum atomic E-state index is 13.2. The van der Waals surface area contributed by atoms with Gasteiger partial charge in [0.05, 0.1) is 31.3 Å². The molecular formula is C21H28N2O5S. The lowest BCUT2D eigenvalue weighted by Gasteiger charge is -2.21. The van der Waals surface area contributed by atoms with E-state index in [1.54, 1.807) is 30.3 Å². The maximum absolute atomic E-state index is 13.2. The Bertz CT molecular complexity index is 977. The molecule has 29 heavy (non-hydrogen) atoms. The fourth-order valence-electron chi connectivity index (χ4n) is 2.72. The normalized spacial score (nSPS) is 11.7. The van der Waals surface area contributed by atoms with Crippen molar-refractivity contribution in [3.8, 4) is 11.5 Å². The Kier molecular flexibility index (Phi) is 6.79. The van der Waals surface area contributed by atoms with Gasteiger partial charge in [-0.15, -0.1) is 0 Å². The number of ether oxygens (including phenoxy) is 2. The van der Waals surface area contributed by atoms with Crippen LogP contribution in [0.4, 0.5) is 5.69 Å². The topological polar surface area (TPSA) is 93.7 Å². The van der Waals surface area contributed by atoms with Crippen LogP contribution >= 0.6 is 0 Å². The van der Waals surface area contributed by atoms with Crippen LogP contribution in [0.25, 0.3) is 0 Å². The van der Waals surface area contributed by atoms with Crippen molar-refractivity contribution >= 4 is 21.4 Å². The molecule has 0 fully saturated rings. The highest BCUT2D eigenvalue weighted by atomic mass is 32.2. The summed E-state index contributed by atoms with van der Waals surface area (Å²) in [5.74, 6) is 0.218. The van der Waals surface area contributed by atoms with Crippen molar-refractivity contribution in [1.29, 1.82) is 0 Å². The molecule has 8 heteroatoms. The maximum Gasteiger partial charge on any atom is 0.239 e. The van der Waals surface area contributed by atoms with E-state index < -0.39 is 9.84 Å². The van der Waals surface area contributed by atoms with Crippen LogP contribution in [0.2, 0.25) is 0 Å². The lowest BCUT2D eigenvalue weighted by atomic mass is 10.1. The van der Waals surface area contributed by atoms with Crippen LogP contribution in [0.3, 0.4) is 0 Å². The Morgan fingerprint density at radius 3 is 2.17 bits per heavy atom. The molecule has 0 aromatic heterocycles. The minimum atomic E-state index is -3.87. The van der Waals surface area contributed by atoms with E-state index in [1.807, 2.05) is 27.7 Å². The molecule has 158 valence electrons. The first-order valence-electron chi connectivity index (χ1n) is 9.10. The number of amides is 1. The van der Waals surface area contributed by atoms with Crippen LogP contribution in [-0.2, 0) is 14.6 Å². The molecule has 2 aromatic rings. The van der Waals surface area contributed by atoms with Crippen LogP contribution in [0, 0.1) is 6.92 Å². The number of hydrogen-bond acceptors (Lipinski definition) is 6. The van der Waals surface area contributed by atoms with E-state index in [9.17, 15) is 13.2 Å². The van der Waals surface area contributed by atoms with Crippen LogP contribution in [0.1, 0.15) is 26.3 Å². The number of sulfone groups is 1. The first kappa shape index (κ1) is 22.5. The highest BCUT2D eigenvalue weighted by molar-refractivity contribution is 7.91. The lowest BCUT2D eigenvalue weighted by Crippen LogP contribution is -2.43. The number of methoxy groups -OCH3 is 2. The number of anilines is 1. The molecule has 2 rings (SSSR count). The molecule has 0 aliphatic rings. The molecule has 0 aliphatic heterocycles. The van der Waals surface area contributed by atoms with Crippen LogP contribution in [0.15, 0.2) is 46.2 Å². The Morgan fingerprint density at radius 2 is 1.66 bits per heavy atom. The molecule has 0 atom stereocenters. The van der Waals surface area contributed by atoms with Crippen molar-refractivity contribution in [2.75, 3.05) is 26.1 Å². The zero-order chi connectivity index (χ0) is 21.8. The number of carbonyl (C=O) groups excluding carboxylic acids is 1. The van der Waals surface area contributed by atoms with Gasteiger partial charge in [0.1, 0.15) is 10.6 Å². The summed E-state index contributed by atoms with van der Waals surface area (Å²) in [5, 5.41) is 5.79. The number of benzene rings is 2. The Morgan fingerprint density at radius 1 is 1.03 bits per heavy atom. The van der Waals surface area contributed by atoms with Gasteiger partial charge in [0.15, 0.2) is 5.75 Å². The van der Waals surface area contributed by atoms with Gasteiger partial charge in [-0.25, -0.2) is 8.42 Å². The van der Waals surface area contributed by atoms with Gasteiger partial charge in [0.25, 0.3) is 0 Å². The molecule has 0 saturated heterocycles. The number of aryl methyl sites for hydroxylation is 1. The second kappa shape index (κ2) is 8.73. The first-order chi connectivity index (χ1) is 13.5. The van der Waals surface area contributed by atoms with E-state index in [-0.39, 0.29) is 33.5 Å². The molecule has 0 spiro atoms. The van der Waals surface area contributed by atoms with Gasteiger partial charge in [0, 0.05) is 17.7 Å². The Hall–Kier alpha value is -2.74. The van der Waals surface area contributed by atoms with Gasteiger partial charge in [-0.2, -0.15) is 0 Å². The summed E-state index contributed by atoms with van der Waals surface area (Å²) in [6, 6.07) is 9.57. The van der Waals surface area contributed by atoms with Crippen molar-refractivity contribution in [3.05, 3.63) is 42.0 Å². The first-order valence-corrected chi connectivity index (χ1v) is 10.6.